The van der Waals surface area contributed by atoms with Crippen LogP contribution < -0.4 is 0 Å². The maximum Gasteiger partial charge on any atom is 0.307 e. The van der Waals surface area contributed by atoms with Gasteiger partial charge in [-0.25, -0.2) is 0 Å². The molecule has 68 valence electrons. The third-order valence-corrected chi connectivity index (χ3v) is 2.90. The fraction of sp³-hybridized carbons (Fsp3) is 0.700. The van der Waals surface area contributed by atoms with Crippen molar-refractivity contribution in [3.05, 3.63) is 12.2 Å². The van der Waals surface area contributed by atoms with Crippen LogP contribution in [-0.4, -0.2) is 11.1 Å². The fourth-order valence-corrected chi connectivity index (χ4v) is 2.17. The normalized spacial score (nSPS) is 35.0. The average molecular weight is 168 g/mol. The molecule has 0 aliphatic heterocycles. The van der Waals surface area contributed by atoms with Crippen molar-refractivity contribution in [2.24, 2.45) is 17.8 Å². The van der Waals surface area contributed by atoms with Gasteiger partial charge in [0.2, 0.25) is 0 Å². The molecule has 0 radical (unpaired) electrons. The van der Waals surface area contributed by atoms with Gasteiger partial charge in [-0.3, -0.25) is 4.79 Å². The van der Waals surface area contributed by atoms with E-state index >= 15 is 0 Å². The Morgan fingerprint density at radius 2 is 2.08 bits per heavy atom. The van der Waals surface area contributed by atoms with Crippen molar-refractivity contribution in [1.29, 1.82) is 0 Å². The van der Waals surface area contributed by atoms with Gasteiger partial charge in [0.15, 0.2) is 0 Å². The summed E-state index contributed by atoms with van der Waals surface area (Å²) in [5.41, 5.74) is 1.02. The Labute approximate surface area is 73.3 Å². The second-order valence-electron chi connectivity index (χ2n) is 3.87. The summed E-state index contributed by atoms with van der Waals surface area (Å²) in [4.78, 5) is 10.9. The molecule has 0 bridgehead atoms. The number of carboxylic acids is 1. The van der Waals surface area contributed by atoms with Gasteiger partial charge in [0.1, 0.15) is 0 Å². The molecular formula is C10H16O2. The van der Waals surface area contributed by atoms with Crippen LogP contribution in [0.3, 0.4) is 0 Å². The van der Waals surface area contributed by atoms with E-state index in [0.29, 0.717) is 5.92 Å². The first kappa shape index (κ1) is 9.30. The summed E-state index contributed by atoms with van der Waals surface area (Å²) in [6.45, 7) is 7.79. The monoisotopic (exact) mass is 168 g/mol. The quantitative estimate of drug-likeness (QED) is 0.642. The Bertz CT molecular complexity index is 208. The molecule has 1 aliphatic carbocycles. The molecular weight excluding hydrogens is 152 g/mol. The van der Waals surface area contributed by atoms with Gasteiger partial charge in [-0.2, -0.15) is 0 Å². The molecule has 12 heavy (non-hydrogen) atoms. The van der Waals surface area contributed by atoms with Crippen molar-refractivity contribution in [2.75, 3.05) is 0 Å². The topological polar surface area (TPSA) is 37.3 Å². The summed E-state index contributed by atoms with van der Waals surface area (Å²) in [5.74, 6) is -0.336. The molecule has 0 aromatic rings. The summed E-state index contributed by atoms with van der Waals surface area (Å²) in [6.07, 6.45) is 2.02. The second kappa shape index (κ2) is 3.30. The number of hydrogen-bond acceptors (Lipinski definition) is 1. The molecule has 3 atom stereocenters. The number of carboxylic acid groups (broad SMARTS) is 1. The van der Waals surface area contributed by atoms with E-state index in [-0.39, 0.29) is 11.8 Å². The zero-order valence-electron chi connectivity index (χ0n) is 7.71. The highest BCUT2D eigenvalue weighted by Gasteiger charge is 2.38. The van der Waals surface area contributed by atoms with E-state index in [4.69, 9.17) is 5.11 Å². The lowest BCUT2D eigenvalue weighted by atomic mass is 9.87. The second-order valence-corrected chi connectivity index (χ2v) is 3.87. The van der Waals surface area contributed by atoms with Crippen molar-refractivity contribution in [2.45, 2.75) is 26.7 Å². The first-order valence-corrected chi connectivity index (χ1v) is 4.42. The summed E-state index contributed by atoms with van der Waals surface area (Å²) >= 11 is 0. The number of hydrogen-bond donors (Lipinski definition) is 1. The van der Waals surface area contributed by atoms with Gasteiger partial charge in [-0.15, -0.1) is 0 Å². The predicted molar refractivity (Wildman–Crippen MR) is 47.8 cm³/mol. The molecule has 0 unspecified atom stereocenters. The van der Waals surface area contributed by atoms with Crippen LogP contribution in [0.25, 0.3) is 0 Å². The van der Waals surface area contributed by atoms with Crippen LogP contribution >= 0.6 is 0 Å². The van der Waals surface area contributed by atoms with E-state index in [1.165, 1.54) is 0 Å². The highest BCUT2D eigenvalue weighted by Crippen LogP contribution is 2.40. The van der Waals surface area contributed by atoms with Crippen molar-refractivity contribution < 1.29 is 9.90 Å². The summed E-state index contributed by atoms with van der Waals surface area (Å²) < 4.78 is 0. The first-order chi connectivity index (χ1) is 5.54. The molecule has 1 fully saturated rings. The molecule has 0 heterocycles. The van der Waals surface area contributed by atoms with Crippen molar-refractivity contribution in [3.8, 4) is 0 Å². The first-order valence-electron chi connectivity index (χ1n) is 4.42. The minimum atomic E-state index is -0.659. The SMILES string of the molecule is C=C(C)[C@@H]1CC[C@@H](C)[C@H]1C(=O)O. The van der Waals surface area contributed by atoms with Gasteiger partial charge in [0.05, 0.1) is 5.92 Å². The molecule has 1 saturated carbocycles. The zero-order chi connectivity index (χ0) is 9.30. The maximum atomic E-state index is 10.9. The van der Waals surface area contributed by atoms with E-state index in [9.17, 15) is 4.79 Å². The van der Waals surface area contributed by atoms with Crippen LogP contribution in [0.4, 0.5) is 0 Å². The number of aliphatic carboxylic acids is 1. The van der Waals surface area contributed by atoms with Gasteiger partial charge in [-0.1, -0.05) is 19.1 Å². The van der Waals surface area contributed by atoms with E-state index in [1.54, 1.807) is 0 Å². The number of allylic oxidation sites excluding steroid dienone is 1. The predicted octanol–water partition coefficient (Wildman–Crippen LogP) is 2.31. The standard InChI is InChI=1S/C10H16O2/c1-6(2)8-5-4-7(3)9(8)10(11)12/h7-9H,1,4-5H2,2-3H3,(H,11,12)/t7-,8+,9-/m1/s1. The Hall–Kier alpha value is -0.790. The van der Waals surface area contributed by atoms with Crippen molar-refractivity contribution >= 4 is 5.97 Å². The smallest absolute Gasteiger partial charge is 0.307 e. The Kier molecular flexibility index (Phi) is 2.55. The van der Waals surface area contributed by atoms with Crippen LogP contribution in [0.1, 0.15) is 26.7 Å². The van der Waals surface area contributed by atoms with Gasteiger partial charge < -0.3 is 5.11 Å². The van der Waals surface area contributed by atoms with E-state index < -0.39 is 5.97 Å². The van der Waals surface area contributed by atoms with E-state index in [2.05, 4.69) is 6.58 Å². The van der Waals surface area contributed by atoms with Gasteiger partial charge >= 0.3 is 5.97 Å². The van der Waals surface area contributed by atoms with Crippen LogP contribution in [-0.2, 0) is 4.79 Å². The molecule has 0 aromatic carbocycles. The fourth-order valence-electron chi connectivity index (χ4n) is 2.17. The van der Waals surface area contributed by atoms with Crippen molar-refractivity contribution in [3.63, 3.8) is 0 Å². The molecule has 0 aromatic heterocycles. The molecule has 0 saturated heterocycles. The molecule has 1 N–H and O–H groups in total. The van der Waals surface area contributed by atoms with Crippen molar-refractivity contribution in [1.82, 2.24) is 0 Å². The third kappa shape index (κ3) is 1.52. The van der Waals surface area contributed by atoms with E-state index in [0.717, 1.165) is 18.4 Å². The van der Waals surface area contributed by atoms with E-state index in [1.807, 2.05) is 13.8 Å². The lowest BCUT2D eigenvalue weighted by Crippen LogP contribution is -2.23. The Morgan fingerprint density at radius 3 is 2.42 bits per heavy atom. The number of rotatable bonds is 2. The molecule has 0 spiro atoms. The molecule has 1 rings (SSSR count). The average Bonchev–Trinajstić information content (AvgIpc) is 2.30. The highest BCUT2D eigenvalue weighted by atomic mass is 16.4. The molecule has 2 heteroatoms. The largest absolute Gasteiger partial charge is 0.481 e. The minimum absolute atomic E-state index is 0.192. The maximum absolute atomic E-state index is 10.9. The zero-order valence-corrected chi connectivity index (χ0v) is 7.71. The van der Waals surface area contributed by atoms with Crippen LogP contribution in [0, 0.1) is 17.8 Å². The Balaban J connectivity index is 2.77. The highest BCUT2D eigenvalue weighted by molar-refractivity contribution is 5.71. The van der Waals surface area contributed by atoms with Gasteiger partial charge in [0, 0.05) is 0 Å². The van der Waals surface area contributed by atoms with Crippen LogP contribution in [0.2, 0.25) is 0 Å². The summed E-state index contributed by atoms with van der Waals surface area (Å²) in [6, 6.07) is 0. The summed E-state index contributed by atoms with van der Waals surface area (Å²) in [5, 5.41) is 8.96. The number of carbonyl (C=O) groups is 1. The van der Waals surface area contributed by atoms with Gasteiger partial charge in [-0.05, 0) is 31.6 Å². The molecule has 2 nitrogen and oxygen atoms in total. The third-order valence-electron chi connectivity index (χ3n) is 2.90. The van der Waals surface area contributed by atoms with Crippen LogP contribution in [0.15, 0.2) is 12.2 Å². The lowest BCUT2D eigenvalue weighted by Gasteiger charge is -2.18. The minimum Gasteiger partial charge on any atom is -0.481 e. The summed E-state index contributed by atoms with van der Waals surface area (Å²) in [7, 11) is 0. The lowest BCUT2D eigenvalue weighted by molar-refractivity contribution is -0.143. The molecule has 1 aliphatic rings. The molecule has 0 amide bonds. The van der Waals surface area contributed by atoms with Crippen LogP contribution in [0.5, 0.6) is 0 Å². The van der Waals surface area contributed by atoms with Gasteiger partial charge in [0.25, 0.3) is 0 Å². The Morgan fingerprint density at radius 1 is 1.50 bits per heavy atom.